The van der Waals surface area contributed by atoms with Crippen LogP contribution in [-0.2, 0) is 6.54 Å². The number of nitrogens with one attached hydrogen (secondary N) is 2. The number of amides is 2. The van der Waals surface area contributed by atoms with Crippen LogP contribution in [0.3, 0.4) is 0 Å². The topological polar surface area (TPSA) is 97.1 Å². The van der Waals surface area contributed by atoms with Crippen LogP contribution in [-0.4, -0.2) is 22.8 Å². The van der Waals surface area contributed by atoms with E-state index >= 15 is 0 Å². The molecule has 4 N–H and O–H groups in total. The molecule has 2 amide bonds. The van der Waals surface area contributed by atoms with Gasteiger partial charge in [0, 0.05) is 29.2 Å². The van der Waals surface area contributed by atoms with E-state index in [-0.39, 0.29) is 17.9 Å². The molecule has 0 saturated carbocycles. The third-order valence-corrected chi connectivity index (χ3v) is 3.99. The maximum atomic E-state index is 12.2. The van der Waals surface area contributed by atoms with Gasteiger partial charge in [0.15, 0.2) is 0 Å². The summed E-state index contributed by atoms with van der Waals surface area (Å²) < 4.78 is 0. The normalized spacial score (nSPS) is 10.7. The highest BCUT2D eigenvalue weighted by atomic mass is 32.1. The Kier molecular flexibility index (Phi) is 5.46. The van der Waals surface area contributed by atoms with Gasteiger partial charge in [-0.2, -0.15) is 0 Å². The van der Waals surface area contributed by atoms with E-state index in [1.54, 1.807) is 23.6 Å². The average Bonchev–Trinajstić information content (AvgIpc) is 2.97. The molecule has 0 aliphatic carbocycles. The molecule has 2 rings (SSSR count). The Balaban J connectivity index is 2.17. The van der Waals surface area contributed by atoms with Crippen molar-refractivity contribution in [3.05, 3.63) is 45.4 Å². The van der Waals surface area contributed by atoms with Gasteiger partial charge in [-0.1, -0.05) is 6.07 Å². The first-order chi connectivity index (χ1) is 10.9. The summed E-state index contributed by atoms with van der Waals surface area (Å²) in [6.07, 6.45) is 0. The number of carbonyl (C=O) groups is 2. The third-order valence-electron chi connectivity index (χ3n) is 3.12. The van der Waals surface area contributed by atoms with Gasteiger partial charge < -0.3 is 16.4 Å². The number of aryl methyl sites for hydroxylation is 1. The van der Waals surface area contributed by atoms with Gasteiger partial charge in [0.1, 0.15) is 10.7 Å². The van der Waals surface area contributed by atoms with Gasteiger partial charge in [0.25, 0.3) is 11.8 Å². The third kappa shape index (κ3) is 4.37. The van der Waals surface area contributed by atoms with E-state index < -0.39 is 0 Å². The van der Waals surface area contributed by atoms with E-state index in [1.165, 1.54) is 11.3 Å². The zero-order valence-electron chi connectivity index (χ0n) is 13.3. The van der Waals surface area contributed by atoms with E-state index in [4.69, 9.17) is 5.73 Å². The minimum absolute atomic E-state index is 0.0461. The highest BCUT2D eigenvalue weighted by Gasteiger charge is 2.14. The average molecular weight is 332 g/mol. The fraction of sp³-hybridized carbons (Fsp3) is 0.312. The first kappa shape index (κ1) is 17.1. The summed E-state index contributed by atoms with van der Waals surface area (Å²) in [6.45, 7) is 5.96. The van der Waals surface area contributed by atoms with Crippen molar-refractivity contribution in [3.8, 4) is 0 Å². The molecule has 0 aliphatic rings. The SMILES string of the molecule is Cc1ccc(NC(=O)c2csc(CN)n2)cc1C(=O)NC(C)C. The summed E-state index contributed by atoms with van der Waals surface area (Å²) in [6, 6.07) is 5.28. The van der Waals surface area contributed by atoms with Gasteiger partial charge in [-0.15, -0.1) is 11.3 Å². The lowest BCUT2D eigenvalue weighted by Gasteiger charge is -2.12. The smallest absolute Gasteiger partial charge is 0.275 e. The second-order valence-electron chi connectivity index (χ2n) is 5.44. The number of aromatic nitrogens is 1. The fourth-order valence-corrected chi connectivity index (χ4v) is 2.64. The number of hydrogen-bond donors (Lipinski definition) is 3. The molecule has 1 heterocycles. The minimum Gasteiger partial charge on any atom is -0.350 e. The molecule has 0 saturated heterocycles. The molecule has 6 nitrogen and oxygen atoms in total. The van der Waals surface area contributed by atoms with Crippen molar-refractivity contribution in [3.63, 3.8) is 0 Å². The van der Waals surface area contributed by atoms with E-state index in [2.05, 4.69) is 15.6 Å². The lowest BCUT2D eigenvalue weighted by molar-refractivity contribution is 0.0941. The van der Waals surface area contributed by atoms with Crippen LogP contribution in [0.1, 0.15) is 45.3 Å². The second kappa shape index (κ2) is 7.34. The zero-order chi connectivity index (χ0) is 17.0. The van der Waals surface area contributed by atoms with E-state index in [0.717, 1.165) is 5.56 Å². The van der Waals surface area contributed by atoms with Crippen LogP contribution >= 0.6 is 11.3 Å². The Hall–Kier alpha value is -2.25. The van der Waals surface area contributed by atoms with Crippen LogP contribution in [0, 0.1) is 6.92 Å². The molecule has 122 valence electrons. The highest BCUT2D eigenvalue weighted by Crippen LogP contribution is 2.17. The van der Waals surface area contributed by atoms with Crippen LogP contribution in [0.15, 0.2) is 23.6 Å². The summed E-state index contributed by atoms with van der Waals surface area (Å²) in [4.78, 5) is 28.5. The molecular weight excluding hydrogens is 312 g/mol. The number of rotatable bonds is 5. The van der Waals surface area contributed by atoms with Crippen molar-refractivity contribution in [2.75, 3.05) is 5.32 Å². The van der Waals surface area contributed by atoms with Crippen molar-refractivity contribution < 1.29 is 9.59 Å². The van der Waals surface area contributed by atoms with Crippen molar-refractivity contribution in [1.29, 1.82) is 0 Å². The summed E-state index contributed by atoms with van der Waals surface area (Å²) in [5.74, 6) is -0.479. The minimum atomic E-state index is -0.319. The maximum Gasteiger partial charge on any atom is 0.275 e. The molecule has 1 aromatic carbocycles. The molecule has 0 atom stereocenters. The number of hydrogen-bond acceptors (Lipinski definition) is 5. The second-order valence-corrected chi connectivity index (χ2v) is 6.39. The molecule has 0 spiro atoms. The van der Waals surface area contributed by atoms with Gasteiger partial charge in [0.2, 0.25) is 0 Å². The van der Waals surface area contributed by atoms with Crippen LogP contribution in [0.2, 0.25) is 0 Å². The Bertz CT molecular complexity index is 725. The first-order valence-electron chi connectivity index (χ1n) is 7.28. The van der Waals surface area contributed by atoms with E-state index in [0.29, 0.717) is 28.5 Å². The standard InChI is InChI=1S/C16H20N4O2S/c1-9(2)18-15(21)12-6-11(5-4-10(12)3)19-16(22)13-8-23-14(7-17)20-13/h4-6,8-9H,7,17H2,1-3H3,(H,18,21)(H,19,22). The van der Waals surface area contributed by atoms with Crippen LogP contribution in [0.25, 0.3) is 0 Å². The van der Waals surface area contributed by atoms with Gasteiger partial charge in [0.05, 0.1) is 0 Å². The largest absolute Gasteiger partial charge is 0.350 e. The van der Waals surface area contributed by atoms with Crippen LogP contribution in [0.5, 0.6) is 0 Å². The lowest BCUT2D eigenvalue weighted by Crippen LogP contribution is -2.30. The van der Waals surface area contributed by atoms with Gasteiger partial charge >= 0.3 is 0 Å². The van der Waals surface area contributed by atoms with Crippen molar-refractivity contribution in [2.24, 2.45) is 5.73 Å². The number of anilines is 1. The molecule has 2 aromatic rings. The molecular formula is C16H20N4O2S. The zero-order valence-corrected chi connectivity index (χ0v) is 14.2. The molecule has 23 heavy (non-hydrogen) atoms. The highest BCUT2D eigenvalue weighted by molar-refractivity contribution is 7.09. The molecule has 0 aliphatic heterocycles. The number of thiazole rings is 1. The summed E-state index contributed by atoms with van der Waals surface area (Å²) >= 11 is 1.34. The molecule has 7 heteroatoms. The monoisotopic (exact) mass is 332 g/mol. The van der Waals surface area contributed by atoms with Crippen molar-refractivity contribution in [1.82, 2.24) is 10.3 Å². The molecule has 1 aromatic heterocycles. The summed E-state index contributed by atoms with van der Waals surface area (Å²) in [7, 11) is 0. The lowest BCUT2D eigenvalue weighted by atomic mass is 10.1. The predicted molar refractivity (Wildman–Crippen MR) is 91.7 cm³/mol. The Morgan fingerprint density at radius 2 is 2.04 bits per heavy atom. The Morgan fingerprint density at radius 1 is 1.30 bits per heavy atom. The first-order valence-corrected chi connectivity index (χ1v) is 8.16. The van der Waals surface area contributed by atoms with Crippen LogP contribution < -0.4 is 16.4 Å². The fourth-order valence-electron chi connectivity index (χ4n) is 1.99. The quantitative estimate of drug-likeness (QED) is 0.782. The molecule has 0 unspecified atom stereocenters. The Morgan fingerprint density at radius 3 is 2.65 bits per heavy atom. The van der Waals surface area contributed by atoms with Crippen molar-refractivity contribution >= 4 is 28.8 Å². The number of carbonyl (C=O) groups excluding carboxylic acids is 2. The Labute approximate surface area is 139 Å². The van der Waals surface area contributed by atoms with E-state index in [9.17, 15) is 9.59 Å². The van der Waals surface area contributed by atoms with Gasteiger partial charge in [-0.25, -0.2) is 4.98 Å². The van der Waals surface area contributed by atoms with Gasteiger partial charge in [-0.05, 0) is 38.5 Å². The number of nitrogens with zero attached hydrogens (tertiary/aromatic N) is 1. The van der Waals surface area contributed by atoms with Crippen LogP contribution in [0.4, 0.5) is 5.69 Å². The molecule has 0 radical (unpaired) electrons. The maximum absolute atomic E-state index is 12.2. The predicted octanol–water partition coefficient (Wildman–Crippen LogP) is 2.30. The van der Waals surface area contributed by atoms with Crippen molar-refractivity contribution in [2.45, 2.75) is 33.4 Å². The molecule has 0 bridgehead atoms. The number of benzene rings is 1. The summed E-state index contributed by atoms with van der Waals surface area (Å²) in [5, 5.41) is 7.97. The number of nitrogens with two attached hydrogens (primary N) is 1. The van der Waals surface area contributed by atoms with Gasteiger partial charge in [-0.3, -0.25) is 9.59 Å². The molecule has 0 fully saturated rings. The van der Waals surface area contributed by atoms with E-state index in [1.807, 2.05) is 20.8 Å². The summed E-state index contributed by atoms with van der Waals surface area (Å²) in [5.41, 5.74) is 7.76.